The van der Waals surface area contributed by atoms with E-state index in [0.29, 0.717) is 18.0 Å². The zero-order chi connectivity index (χ0) is 29.4. The summed E-state index contributed by atoms with van der Waals surface area (Å²) in [6, 6.07) is 6.55. The fraction of sp³-hybridized carbons (Fsp3) is 0.360. The second-order valence-corrected chi connectivity index (χ2v) is 8.81. The minimum atomic E-state index is -0.634. The highest BCUT2D eigenvalue weighted by molar-refractivity contribution is 5.95. The van der Waals surface area contributed by atoms with Gasteiger partial charge < -0.3 is 37.1 Å². The number of rotatable bonds is 5. The van der Waals surface area contributed by atoms with E-state index in [2.05, 4.69) is 37.0 Å². The lowest BCUT2D eigenvalue weighted by atomic mass is 10.2. The maximum Gasteiger partial charge on any atom is 0.306 e. The number of hydrogen-bond acceptors (Lipinski definition) is 8. The van der Waals surface area contributed by atoms with Gasteiger partial charge >= 0.3 is 6.01 Å². The predicted octanol–water partition coefficient (Wildman–Crippen LogP) is -0.790. The van der Waals surface area contributed by atoms with Crippen LogP contribution in [0.25, 0.3) is 11.2 Å². The van der Waals surface area contributed by atoms with Crippen molar-refractivity contribution >= 4 is 34.9 Å². The first kappa shape index (κ1) is 29.5. The predicted molar refractivity (Wildman–Crippen MR) is 154 cm³/mol. The van der Waals surface area contributed by atoms with E-state index < -0.39 is 5.91 Å². The third-order valence-electron chi connectivity index (χ3n) is 5.75. The van der Waals surface area contributed by atoms with Crippen LogP contribution < -0.4 is 37.7 Å². The topological polar surface area (TPSA) is 212 Å². The molecule has 0 saturated carbocycles. The van der Waals surface area contributed by atoms with Crippen molar-refractivity contribution in [2.45, 2.75) is 13.5 Å². The van der Waals surface area contributed by atoms with E-state index in [0.717, 1.165) is 26.2 Å². The summed E-state index contributed by atoms with van der Waals surface area (Å²) in [5, 5.41) is 10.4. The van der Waals surface area contributed by atoms with Gasteiger partial charge in [-0.15, -0.1) is 5.92 Å². The number of aromatic nitrogens is 4. The fourth-order valence-electron chi connectivity index (χ4n) is 3.71. The summed E-state index contributed by atoms with van der Waals surface area (Å²) in [6.07, 6.45) is 0. The number of nitrogens with zero attached hydrogens (tertiary/aromatic N) is 7. The number of imidazole rings is 1. The molecular formula is C25H34N12O3. The minimum Gasteiger partial charge on any atom is -0.425 e. The Morgan fingerprint density at radius 1 is 1.20 bits per heavy atom. The molecule has 3 heterocycles. The number of amides is 1. The number of hydrogen-bond donors (Lipinski definition) is 5. The van der Waals surface area contributed by atoms with Gasteiger partial charge in [0.1, 0.15) is 5.75 Å². The summed E-state index contributed by atoms with van der Waals surface area (Å²) in [4.78, 5) is 41.2. The highest BCUT2D eigenvalue weighted by Gasteiger charge is 2.24. The summed E-state index contributed by atoms with van der Waals surface area (Å²) < 4.78 is 8.91. The largest absolute Gasteiger partial charge is 0.425 e. The normalized spacial score (nSPS) is 12.4. The van der Waals surface area contributed by atoms with Gasteiger partial charge in [-0.1, -0.05) is 18.1 Å². The molecule has 0 bridgehead atoms. The second-order valence-electron chi connectivity index (χ2n) is 8.81. The number of carbonyl (C=O) groups is 1. The Hall–Kier alpha value is -5.10. The third kappa shape index (κ3) is 6.85. The van der Waals surface area contributed by atoms with Crippen molar-refractivity contribution in [3.05, 3.63) is 40.2 Å². The number of ether oxygens (including phenoxy) is 1. The van der Waals surface area contributed by atoms with E-state index in [4.69, 9.17) is 27.3 Å². The van der Waals surface area contributed by atoms with E-state index in [1.54, 1.807) is 56.9 Å². The Kier molecular flexibility index (Phi) is 9.66. The van der Waals surface area contributed by atoms with Crippen LogP contribution in [0, 0.1) is 17.3 Å². The number of nitrogens with one attached hydrogen (secondary N) is 2. The van der Waals surface area contributed by atoms with Crippen LogP contribution in [0.3, 0.4) is 0 Å². The van der Waals surface area contributed by atoms with E-state index in [1.807, 2.05) is 0 Å². The van der Waals surface area contributed by atoms with E-state index in [1.165, 1.54) is 9.47 Å². The van der Waals surface area contributed by atoms with Crippen LogP contribution >= 0.6 is 0 Å². The molecule has 0 atom stereocenters. The summed E-state index contributed by atoms with van der Waals surface area (Å²) in [7, 11) is 4.94. The molecule has 1 aliphatic heterocycles. The molecule has 1 amide bonds. The number of piperazine rings is 1. The van der Waals surface area contributed by atoms with E-state index >= 15 is 0 Å². The lowest BCUT2D eigenvalue weighted by Crippen LogP contribution is -2.44. The molecule has 0 radical (unpaired) electrons. The van der Waals surface area contributed by atoms with Crippen molar-refractivity contribution in [2.24, 2.45) is 29.2 Å². The van der Waals surface area contributed by atoms with Crippen LogP contribution in [0.4, 0.5) is 5.95 Å². The van der Waals surface area contributed by atoms with Gasteiger partial charge in [-0.25, -0.2) is 0 Å². The van der Waals surface area contributed by atoms with Crippen molar-refractivity contribution in [1.82, 2.24) is 29.3 Å². The highest BCUT2D eigenvalue weighted by atomic mass is 16.5. The molecule has 1 aromatic carbocycles. The Labute approximate surface area is 231 Å². The Balaban J connectivity index is 0.000000424. The van der Waals surface area contributed by atoms with Crippen LogP contribution in [0.1, 0.15) is 17.3 Å². The summed E-state index contributed by atoms with van der Waals surface area (Å²) in [6.45, 7) is 5.26. The monoisotopic (exact) mass is 550 g/mol. The summed E-state index contributed by atoms with van der Waals surface area (Å²) in [5.74, 6) is 6.08. The van der Waals surface area contributed by atoms with Gasteiger partial charge in [0, 0.05) is 47.3 Å². The van der Waals surface area contributed by atoms with Crippen LogP contribution in [-0.2, 0) is 13.6 Å². The van der Waals surface area contributed by atoms with Gasteiger partial charge in [-0.3, -0.25) is 24.1 Å². The molecule has 15 nitrogen and oxygen atoms in total. The number of guanidine groups is 2. The smallest absolute Gasteiger partial charge is 0.306 e. The standard InChI is InChI=1S/C21H23N7O3.C4H11N5/c1-3-4-11-28-16-18(24-20(28)27-12-9-23-10-13-27)25-21(26(2)19(16)30)31-15-8-6-5-7-14(15)17(22)29;1-9(2)4(7)8-3(5)6/h5-8,23H,9-13H2,1-2H3,(H2,22,29);1-2H3,(H5,5,6,7,8). The Bertz CT molecular complexity index is 1530. The van der Waals surface area contributed by atoms with Crippen LogP contribution in [0.2, 0.25) is 0 Å². The summed E-state index contributed by atoms with van der Waals surface area (Å²) >= 11 is 0. The van der Waals surface area contributed by atoms with Gasteiger partial charge in [0.25, 0.3) is 11.5 Å². The number of aliphatic imine (C=N–C) groups is 1. The van der Waals surface area contributed by atoms with Gasteiger partial charge in [0.15, 0.2) is 17.1 Å². The Morgan fingerprint density at radius 3 is 2.45 bits per heavy atom. The van der Waals surface area contributed by atoms with Crippen molar-refractivity contribution in [3.63, 3.8) is 0 Å². The molecule has 2 aromatic heterocycles. The summed E-state index contributed by atoms with van der Waals surface area (Å²) in [5.41, 5.74) is 15.9. The second kappa shape index (κ2) is 13.1. The highest BCUT2D eigenvalue weighted by Crippen LogP contribution is 2.26. The number of fused-ring (bicyclic) bond motifs is 1. The van der Waals surface area contributed by atoms with Crippen LogP contribution in [0.15, 0.2) is 34.1 Å². The molecule has 1 saturated heterocycles. The number of benzene rings is 1. The number of primary amides is 1. The van der Waals surface area contributed by atoms with Crippen molar-refractivity contribution in [1.29, 1.82) is 5.41 Å². The van der Waals surface area contributed by atoms with Gasteiger partial charge in [-0.2, -0.15) is 15.0 Å². The molecule has 4 rings (SSSR count). The number of carbonyl (C=O) groups excluding carboxylic acids is 1. The lowest BCUT2D eigenvalue weighted by Gasteiger charge is -2.28. The first-order chi connectivity index (χ1) is 19.0. The SMILES string of the molecule is CC#CCn1c(N2CCNCC2)nc2nc(Oc3ccccc3C(N)=O)n(C)c(=O)c21.CN(C)C(=N)N=C(N)N. The van der Waals surface area contributed by atoms with Gasteiger partial charge in [0.05, 0.1) is 12.1 Å². The van der Waals surface area contributed by atoms with Crippen molar-refractivity contribution in [2.75, 3.05) is 45.2 Å². The molecule has 1 fully saturated rings. The van der Waals surface area contributed by atoms with Gasteiger partial charge in [0.2, 0.25) is 11.9 Å². The Morgan fingerprint density at radius 2 is 1.88 bits per heavy atom. The molecule has 0 aliphatic carbocycles. The third-order valence-corrected chi connectivity index (χ3v) is 5.75. The molecule has 1 aliphatic rings. The van der Waals surface area contributed by atoms with Crippen LogP contribution in [0.5, 0.6) is 11.8 Å². The molecule has 15 heteroatoms. The number of anilines is 1. The minimum absolute atomic E-state index is 0.0179. The first-order valence-corrected chi connectivity index (χ1v) is 12.3. The average molecular weight is 551 g/mol. The average Bonchev–Trinajstić information content (AvgIpc) is 3.29. The maximum absolute atomic E-state index is 13.2. The number of nitrogens with two attached hydrogens (primary N) is 3. The molecular weight excluding hydrogens is 516 g/mol. The lowest BCUT2D eigenvalue weighted by molar-refractivity contribution is 0.0998. The van der Waals surface area contributed by atoms with E-state index in [-0.39, 0.29) is 40.4 Å². The molecule has 8 N–H and O–H groups in total. The van der Waals surface area contributed by atoms with E-state index in [9.17, 15) is 9.59 Å². The quantitative estimate of drug-likeness (QED) is 0.152. The van der Waals surface area contributed by atoms with Crippen molar-refractivity contribution < 1.29 is 9.53 Å². The number of para-hydroxylation sites is 1. The zero-order valence-electron chi connectivity index (χ0n) is 22.9. The van der Waals surface area contributed by atoms with Crippen LogP contribution in [-0.4, -0.2) is 82.1 Å². The maximum atomic E-state index is 13.2. The molecule has 0 unspecified atom stereocenters. The van der Waals surface area contributed by atoms with Gasteiger partial charge in [-0.05, 0) is 19.1 Å². The zero-order valence-corrected chi connectivity index (χ0v) is 22.9. The fourth-order valence-corrected chi connectivity index (χ4v) is 3.71. The first-order valence-electron chi connectivity index (χ1n) is 12.3. The molecule has 0 spiro atoms. The molecule has 3 aromatic rings. The molecule has 212 valence electrons. The van der Waals surface area contributed by atoms with Crippen molar-refractivity contribution in [3.8, 4) is 23.6 Å². The molecule has 40 heavy (non-hydrogen) atoms.